The molecule has 0 spiro atoms. The quantitative estimate of drug-likeness (QED) is 0.885. The predicted molar refractivity (Wildman–Crippen MR) is 98.2 cm³/mol. The van der Waals surface area contributed by atoms with Gasteiger partial charge in [-0.25, -0.2) is 8.42 Å². The van der Waals surface area contributed by atoms with Gasteiger partial charge in [-0.15, -0.1) is 0 Å². The summed E-state index contributed by atoms with van der Waals surface area (Å²) in [6.45, 7) is 0.505. The molecule has 1 atom stereocenters. The summed E-state index contributed by atoms with van der Waals surface area (Å²) in [6.07, 6.45) is 2.50. The molecule has 0 saturated carbocycles. The van der Waals surface area contributed by atoms with Gasteiger partial charge in [0.2, 0.25) is 5.91 Å². The average molecular weight is 372 g/mol. The maximum Gasteiger partial charge on any atom is 0.254 e. The predicted octanol–water partition coefficient (Wildman–Crippen LogP) is 1.85. The molecular formula is C19H20N2O4S. The molecule has 1 heterocycles. The van der Waals surface area contributed by atoms with Gasteiger partial charge in [0.25, 0.3) is 5.91 Å². The highest BCUT2D eigenvalue weighted by Crippen LogP contribution is 2.28. The summed E-state index contributed by atoms with van der Waals surface area (Å²) in [4.78, 5) is 25.9. The van der Waals surface area contributed by atoms with Crippen molar-refractivity contribution in [1.82, 2.24) is 4.90 Å². The fourth-order valence-corrected chi connectivity index (χ4v) is 4.20. The molecular weight excluding hydrogens is 352 g/mol. The van der Waals surface area contributed by atoms with Crippen LogP contribution in [0.25, 0.3) is 11.1 Å². The molecule has 0 aromatic heterocycles. The molecule has 2 aromatic rings. The molecule has 26 heavy (non-hydrogen) atoms. The first-order valence-electron chi connectivity index (χ1n) is 8.29. The number of nitrogens with zero attached hydrogens (tertiary/aromatic N) is 1. The lowest BCUT2D eigenvalue weighted by atomic mass is 10.0. The summed E-state index contributed by atoms with van der Waals surface area (Å²) in [6, 6.07) is 12.9. The Bertz CT molecular complexity index is 952. The minimum absolute atomic E-state index is 0.241. The molecule has 136 valence electrons. The Morgan fingerprint density at radius 2 is 1.73 bits per heavy atom. The van der Waals surface area contributed by atoms with Crippen LogP contribution in [0.5, 0.6) is 0 Å². The smallest absolute Gasteiger partial charge is 0.254 e. The normalized spacial score (nSPS) is 17.3. The molecule has 1 saturated heterocycles. The molecule has 2 aromatic carbocycles. The third kappa shape index (κ3) is 3.48. The second kappa shape index (κ2) is 6.92. The SMILES string of the molecule is CS(=O)(=O)c1ccccc1-c1ccc(C(=O)N2CCCC2C(N)=O)cc1. The van der Waals surface area contributed by atoms with E-state index in [1.807, 2.05) is 0 Å². The number of benzene rings is 2. The zero-order chi connectivity index (χ0) is 18.9. The van der Waals surface area contributed by atoms with E-state index in [-0.39, 0.29) is 10.8 Å². The molecule has 2 N–H and O–H groups in total. The minimum Gasteiger partial charge on any atom is -0.368 e. The summed E-state index contributed by atoms with van der Waals surface area (Å²) in [7, 11) is -3.36. The van der Waals surface area contributed by atoms with Crippen LogP contribution < -0.4 is 5.73 Å². The Balaban J connectivity index is 1.91. The number of hydrogen-bond donors (Lipinski definition) is 1. The summed E-state index contributed by atoms with van der Waals surface area (Å²) in [5.41, 5.74) is 7.11. The highest BCUT2D eigenvalue weighted by atomic mass is 32.2. The molecule has 0 aliphatic carbocycles. The van der Waals surface area contributed by atoms with Crippen LogP contribution in [0.1, 0.15) is 23.2 Å². The van der Waals surface area contributed by atoms with Crippen molar-refractivity contribution in [2.45, 2.75) is 23.8 Å². The number of sulfone groups is 1. The molecule has 1 aliphatic heterocycles. The number of rotatable bonds is 4. The number of carbonyl (C=O) groups is 2. The Hall–Kier alpha value is -2.67. The molecule has 6 nitrogen and oxygen atoms in total. The van der Waals surface area contributed by atoms with Crippen molar-refractivity contribution in [2.24, 2.45) is 5.73 Å². The minimum atomic E-state index is -3.36. The van der Waals surface area contributed by atoms with E-state index >= 15 is 0 Å². The van der Waals surface area contributed by atoms with Gasteiger partial charge in [0.05, 0.1) is 4.90 Å². The van der Waals surface area contributed by atoms with Gasteiger partial charge in [0.1, 0.15) is 6.04 Å². The van der Waals surface area contributed by atoms with Crippen LogP contribution in [0.2, 0.25) is 0 Å². The number of carbonyl (C=O) groups excluding carboxylic acids is 2. The van der Waals surface area contributed by atoms with E-state index in [1.54, 1.807) is 48.5 Å². The first kappa shape index (κ1) is 18.1. The monoisotopic (exact) mass is 372 g/mol. The van der Waals surface area contributed by atoms with E-state index in [9.17, 15) is 18.0 Å². The van der Waals surface area contributed by atoms with E-state index in [0.717, 1.165) is 6.42 Å². The van der Waals surface area contributed by atoms with Crippen molar-refractivity contribution >= 4 is 21.7 Å². The van der Waals surface area contributed by atoms with Crippen LogP contribution in [0.15, 0.2) is 53.4 Å². The van der Waals surface area contributed by atoms with Gasteiger partial charge in [-0.3, -0.25) is 9.59 Å². The van der Waals surface area contributed by atoms with Crippen LogP contribution in [0, 0.1) is 0 Å². The third-order valence-electron chi connectivity index (χ3n) is 4.57. The molecule has 0 bridgehead atoms. The van der Waals surface area contributed by atoms with Crippen LogP contribution >= 0.6 is 0 Å². The zero-order valence-corrected chi connectivity index (χ0v) is 15.2. The van der Waals surface area contributed by atoms with Crippen molar-refractivity contribution in [2.75, 3.05) is 12.8 Å². The topological polar surface area (TPSA) is 97.5 Å². The lowest BCUT2D eigenvalue weighted by molar-refractivity contribution is -0.121. The van der Waals surface area contributed by atoms with Crippen molar-refractivity contribution < 1.29 is 18.0 Å². The lowest BCUT2D eigenvalue weighted by Crippen LogP contribution is -2.43. The number of primary amides is 1. The molecule has 3 rings (SSSR count). The van der Waals surface area contributed by atoms with Crippen LogP contribution in [0.4, 0.5) is 0 Å². The van der Waals surface area contributed by atoms with E-state index in [1.165, 1.54) is 11.2 Å². The van der Waals surface area contributed by atoms with Gasteiger partial charge >= 0.3 is 0 Å². The van der Waals surface area contributed by atoms with Crippen molar-refractivity contribution in [3.63, 3.8) is 0 Å². The van der Waals surface area contributed by atoms with Crippen LogP contribution in [0.3, 0.4) is 0 Å². The first-order chi connectivity index (χ1) is 12.3. The Kier molecular flexibility index (Phi) is 4.82. The van der Waals surface area contributed by atoms with Crippen molar-refractivity contribution in [1.29, 1.82) is 0 Å². The fraction of sp³-hybridized carbons (Fsp3) is 0.263. The second-order valence-electron chi connectivity index (χ2n) is 6.40. The highest BCUT2D eigenvalue weighted by molar-refractivity contribution is 7.90. The zero-order valence-electron chi connectivity index (χ0n) is 14.4. The van der Waals surface area contributed by atoms with Crippen molar-refractivity contribution in [3.8, 4) is 11.1 Å². The third-order valence-corrected chi connectivity index (χ3v) is 5.73. The van der Waals surface area contributed by atoms with Crippen LogP contribution in [-0.2, 0) is 14.6 Å². The maximum absolute atomic E-state index is 12.7. The molecule has 1 fully saturated rings. The van der Waals surface area contributed by atoms with Gasteiger partial charge in [-0.2, -0.15) is 0 Å². The van der Waals surface area contributed by atoms with Gasteiger partial charge in [0, 0.05) is 23.9 Å². The van der Waals surface area contributed by atoms with E-state index in [2.05, 4.69) is 0 Å². The van der Waals surface area contributed by atoms with Crippen LogP contribution in [-0.4, -0.2) is 44.0 Å². The summed E-state index contributed by atoms with van der Waals surface area (Å²) in [5, 5.41) is 0. The molecule has 1 aliphatic rings. The summed E-state index contributed by atoms with van der Waals surface area (Å²) >= 11 is 0. The van der Waals surface area contributed by atoms with Gasteiger partial charge < -0.3 is 10.6 Å². The number of likely N-dealkylation sites (tertiary alicyclic amines) is 1. The molecule has 0 radical (unpaired) electrons. The Morgan fingerprint density at radius 1 is 1.08 bits per heavy atom. The first-order valence-corrected chi connectivity index (χ1v) is 10.2. The largest absolute Gasteiger partial charge is 0.368 e. The van der Waals surface area contributed by atoms with E-state index in [4.69, 9.17) is 5.73 Å². The standard InChI is InChI=1S/C19H20N2O4S/c1-26(24,25)17-7-3-2-5-15(17)13-8-10-14(11-9-13)19(23)21-12-4-6-16(21)18(20)22/h2-3,5,7-11,16H,4,6,12H2,1H3,(H2,20,22). The fourth-order valence-electron chi connectivity index (χ4n) is 3.29. The van der Waals surface area contributed by atoms with Gasteiger partial charge in [-0.1, -0.05) is 30.3 Å². The van der Waals surface area contributed by atoms with E-state index < -0.39 is 21.8 Å². The molecule has 1 unspecified atom stereocenters. The highest BCUT2D eigenvalue weighted by Gasteiger charge is 2.33. The number of hydrogen-bond acceptors (Lipinski definition) is 4. The second-order valence-corrected chi connectivity index (χ2v) is 8.39. The number of nitrogens with two attached hydrogens (primary N) is 1. The Labute approximate surface area is 152 Å². The summed E-state index contributed by atoms with van der Waals surface area (Å²) < 4.78 is 23.9. The summed E-state index contributed by atoms with van der Waals surface area (Å²) in [5.74, 6) is -0.733. The lowest BCUT2D eigenvalue weighted by Gasteiger charge is -2.22. The Morgan fingerprint density at radius 3 is 2.35 bits per heavy atom. The maximum atomic E-state index is 12.7. The van der Waals surface area contributed by atoms with E-state index in [0.29, 0.717) is 29.7 Å². The number of amides is 2. The van der Waals surface area contributed by atoms with Gasteiger partial charge in [0.15, 0.2) is 9.84 Å². The van der Waals surface area contributed by atoms with Gasteiger partial charge in [-0.05, 0) is 36.6 Å². The molecule has 7 heteroatoms. The van der Waals surface area contributed by atoms with Crippen molar-refractivity contribution in [3.05, 3.63) is 54.1 Å². The molecule has 2 amide bonds. The average Bonchev–Trinajstić information content (AvgIpc) is 3.10.